The first-order valence-electron chi connectivity index (χ1n) is 11.5. The van der Waals surface area contributed by atoms with Gasteiger partial charge in [-0.05, 0) is 36.8 Å². The number of aromatic amines is 1. The van der Waals surface area contributed by atoms with E-state index in [0.29, 0.717) is 52.8 Å². The van der Waals surface area contributed by atoms with Crippen LogP contribution in [-0.4, -0.2) is 34.4 Å². The Balaban J connectivity index is 1.27. The summed E-state index contributed by atoms with van der Waals surface area (Å²) in [5.74, 6) is 3.00. The average molecular weight is 494 g/mol. The van der Waals surface area contributed by atoms with Gasteiger partial charge in [0.05, 0.1) is 22.5 Å². The highest BCUT2D eigenvalue weighted by atomic mass is 19.4. The zero-order valence-corrected chi connectivity index (χ0v) is 19.1. The van der Waals surface area contributed by atoms with Crippen LogP contribution in [-0.2, 0) is 17.4 Å². The van der Waals surface area contributed by atoms with Crippen molar-refractivity contribution >= 4 is 23.1 Å². The SMILES string of the molecule is CNc1nccc(Oc2cccc3c2OC2C(c4nc5ccc(C(F)(F)F)cc5[nH]4)C32)c1CCC=O. The lowest BCUT2D eigenvalue weighted by atomic mass is 10.1. The van der Waals surface area contributed by atoms with Gasteiger partial charge in [-0.15, -0.1) is 0 Å². The van der Waals surface area contributed by atoms with Gasteiger partial charge in [0.2, 0.25) is 0 Å². The summed E-state index contributed by atoms with van der Waals surface area (Å²) in [6, 6.07) is 10.9. The van der Waals surface area contributed by atoms with Gasteiger partial charge in [0.15, 0.2) is 11.5 Å². The van der Waals surface area contributed by atoms with Crippen LogP contribution < -0.4 is 14.8 Å². The van der Waals surface area contributed by atoms with E-state index >= 15 is 0 Å². The number of carbonyl (C=O) groups excluding carboxylic acids is 1. The number of pyridine rings is 1. The maximum atomic E-state index is 13.1. The van der Waals surface area contributed by atoms with E-state index in [1.165, 1.54) is 6.07 Å². The van der Waals surface area contributed by atoms with Crippen LogP contribution in [0.1, 0.15) is 40.8 Å². The van der Waals surface area contributed by atoms with E-state index in [1.54, 1.807) is 19.3 Å². The molecule has 4 aromatic rings. The summed E-state index contributed by atoms with van der Waals surface area (Å²) >= 11 is 0. The molecule has 10 heteroatoms. The third kappa shape index (κ3) is 3.64. The molecule has 0 saturated heterocycles. The Labute approximate surface area is 203 Å². The fourth-order valence-electron chi connectivity index (χ4n) is 4.98. The van der Waals surface area contributed by atoms with E-state index in [0.717, 1.165) is 29.5 Å². The number of para-hydroxylation sites is 1. The fraction of sp³-hybridized carbons (Fsp3) is 0.269. The molecule has 3 heterocycles. The van der Waals surface area contributed by atoms with Crippen LogP contribution in [0.4, 0.5) is 19.0 Å². The largest absolute Gasteiger partial charge is 0.485 e. The molecule has 2 aromatic heterocycles. The summed E-state index contributed by atoms with van der Waals surface area (Å²) in [7, 11) is 1.76. The van der Waals surface area contributed by atoms with Crippen molar-refractivity contribution in [2.24, 2.45) is 0 Å². The van der Waals surface area contributed by atoms with Gasteiger partial charge in [-0.1, -0.05) is 12.1 Å². The number of nitrogens with one attached hydrogen (secondary N) is 2. The number of hydrogen-bond acceptors (Lipinski definition) is 6. The van der Waals surface area contributed by atoms with E-state index in [4.69, 9.17) is 9.47 Å². The molecule has 6 rings (SSSR count). The summed E-state index contributed by atoms with van der Waals surface area (Å²) in [5, 5.41) is 3.03. The number of fused-ring (bicyclic) bond motifs is 4. The minimum atomic E-state index is -4.41. The second kappa shape index (κ2) is 8.25. The Morgan fingerprint density at radius 3 is 2.81 bits per heavy atom. The van der Waals surface area contributed by atoms with E-state index in [2.05, 4.69) is 20.3 Å². The lowest BCUT2D eigenvalue weighted by Gasteiger charge is -2.16. The van der Waals surface area contributed by atoms with Gasteiger partial charge in [-0.25, -0.2) is 9.97 Å². The van der Waals surface area contributed by atoms with Crippen molar-refractivity contribution in [1.82, 2.24) is 15.0 Å². The molecule has 2 aliphatic rings. The van der Waals surface area contributed by atoms with Crippen LogP contribution >= 0.6 is 0 Å². The third-order valence-corrected chi connectivity index (χ3v) is 6.70. The molecule has 3 unspecified atom stereocenters. The van der Waals surface area contributed by atoms with E-state index in [-0.39, 0.29) is 17.9 Å². The van der Waals surface area contributed by atoms with Crippen LogP contribution in [0.2, 0.25) is 0 Å². The molecule has 1 fully saturated rings. The van der Waals surface area contributed by atoms with Crippen molar-refractivity contribution < 1.29 is 27.4 Å². The van der Waals surface area contributed by atoms with Crippen LogP contribution in [0.25, 0.3) is 11.0 Å². The number of nitrogens with zero attached hydrogens (tertiary/aromatic N) is 2. The minimum absolute atomic E-state index is 0.0334. The smallest absolute Gasteiger partial charge is 0.416 e. The monoisotopic (exact) mass is 494 g/mol. The standard InChI is InChI=1S/C26H21F3N4O3/c1-30-24-14(5-3-11-34)18(9-10-31-24)35-19-6-2-4-15-20-21(23(20)36-22(15)19)25-32-16-8-7-13(26(27,28)29)12-17(16)33-25/h2,4,6-12,20-21,23H,3,5H2,1H3,(H,30,31)(H,32,33). The van der Waals surface area contributed by atoms with Gasteiger partial charge >= 0.3 is 6.18 Å². The second-order valence-electron chi connectivity index (χ2n) is 8.85. The summed E-state index contributed by atoms with van der Waals surface area (Å²) in [5.41, 5.74) is 1.89. The number of hydrogen-bond donors (Lipinski definition) is 2. The molecule has 3 atom stereocenters. The van der Waals surface area contributed by atoms with Crippen molar-refractivity contribution in [2.75, 3.05) is 12.4 Å². The number of halogens is 3. The Bertz CT molecular complexity index is 1480. The molecular weight excluding hydrogens is 473 g/mol. The van der Waals surface area contributed by atoms with Crippen molar-refractivity contribution in [3.05, 3.63) is 71.2 Å². The van der Waals surface area contributed by atoms with Crippen molar-refractivity contribution in [2.45, 2.75) is 37.0 Å². The molecule has 2 aromatic carbocycles. The molecule has 0 amide bonds. The molecule has 1 aliphatic carbocycles. The average Bonchev–Trinajstić information content (AvgIpc) is 3.20. The molecule has 0 bridgehead atoms. The van der Waals surface area contributed by atoms with Gasteiger partial charge in [-0.3, -0.25) is 0 Å². The number of rotatable bonds is 7. The highest BCUT2D eigenvalue weighted by molar-refractivity contribution is 5.76. The second-order valence-corrected chi connectivity index (χ2v) is 8.85. The molecular formula is C26H21F3N4O3. The van der Waals surface area contributed by atoms with E-state index < -0.39 is 11.7 Å². The van der Waals surface area contributed by atoms with E-state index in [1.807, 2.05) is 18.2 Å². The Hall–Kier alpha value is -4.08. The highest BCUT2D eigenvalue weighted by Gasteiger charge is 2.61. The zero-order valence-electron chi connectivity index (χ0n) is 19.1. The highest BCUT2D eigenvalue weighted by Crippen LogP contribution is 2.64. The predicted octanol–water partition coefficient (Wildman–Crippen LogP) is 5.58. The first-order valence-corrected chi connectivity index (χ1v) is 11.5. The third-order valence-electron chi connectivity index (χ3n) is 6.70. The van der Waals surface area contributed by atoms with Crippen molar-refractivity contribution in [1.29, 1.82) is 0 Å². The van der Waals surface area contributed by atoms with Crippen LogP contribution in [0, 0.1) is 0 Å². The number of ether oxygens (including phenoxy) is 2. The summed E-state index contributed by atoms with van der Waals surface area (Å²) < 4.78 is 51.7. The lowest BCUT2D eigenvalue weighted by Crippen LogP contribution is -2.04. The Kier molecular flexibility index (Phi) is 5.13. The fourth-order valence-corrected chi connectivity index (χ4v) is 4.98. The lowest BCUT2D eigenvalue weighted by molar-refractivity contribution is -0.137. The summed E-state index contributed by atoms with van der Waals surface area (Å²) in [6.07, 6.45) is -1.27. The minimum Gasteiger partial charge on any atom is -0.485 e. The molecule has 0 radical (unpaired) electrons. The number of anilines is 1. The summed E-state index contributed by atoms with van der Waals surface area (Å²) in [6.45, 7) is 0. The van der Waals surface area contributed by atoms with Crippen molar-refractivity contribution in [3.8, 4) is 17.2 Å². The number of imidazole rings is 1. The van der Waals surface area contributed by atoms with Crippen LogP contribution in [0.15, 0.2) is 48.7 Å². The maximum absolute atomic E-state index is 13.1. The van der Waals surface area contributed by atoms with Gasteiger partial charge in [-0.2, -0.15) is 13.2 Å². The van der Waals surface area contributed by atoms with Crippen LogP contribution in [0.5, 0.6) is 17.2 Å². The van der Waals surface area contributed by atoms with Crippen molar-refractivity contribution in [3.63, 3.8) is 0 Å². The van der Waals surface area contributed by atoms with Gasteiger partial charge in [0.1, 0.15) is 29.8 Å². The molecule has 1 saturated carbocycles. The molecule has 1 aliphatic heterocycles. The quantitative estimate of drug-likeness (QED) is 0.326. The Morgan fingerprint density at radius 2 is 2.03 bits per heavy atom. The van der Waals surface area contributed by atoms with Crippen LogP contribution in [0.3, 0.4) is 0 Å². The van der Waals surface area contributed by atoms with Gasteiger partial charge < -0.3 is 24.6 Å². The number of H-pyrrole nitrogens is 1. The number of aromatic nitrogens is 3. The topological polar surface area (TPSA) is 89.1 Å². The number of aldehydes is 1. The number of benzene rings is 2. The first-order chi connectivity index (χ1) is 17.4. The van der Waals surface area contributed by atoms with Gasteiger partial charge in [0.25, 0.3) is 0 Å². The normalized spacial score (nSPS) is 19.9. The zero-order chi connectivity index (χ0) is 25.0. The maximum Gasteiger partial charge on any atom is 0.416 e. The first kappa shape index (κ1) is 22.4. The number of carbonyl (C=O) groups is 1. The molecule has 36 heavy (non-hydrogen) atoms. The summed E-state index contributed by atoms with van der Waals surface area (Å²) in [4.78, 5) is 22.8. The molecule has 184 valence electrons. The number of alkyl halides is 3. The molecule has 2 N–H and O–H groups in total. The molecule has 0 spiro atoms. The predicted molar refractivity (Wildman–Crippen MR) is 126 cm³/mol. The molecule has 7 nitrogen and oxygen atoms in total. The van der Waals surface area contributed by atoms with E-state index in [9.17, 15) is 18.0 Å². The van der Waals surface area contributed by atoms with Gasteiger partial charge in [0, 0.05) is 36.7 Å². The Morgan fingerprint density at radius 1 is 1.17 bits per heavy atom.